The van der Waals surface area contributed by atoms with E-state index >= 15 is 0 Å². The first-order valence-electron chi connectivity index (χ1n) is 6.15. The molecule has 0 radical (unpaired) electrons. The Balaban J connectivity index is 2.15. The molecule has 1 heterocycles. The average molecular weight is 291 g/mol. The van der Waals surface area contributed by atoms with Gasteiger partial charge in [-0.2, -0.15) is 0 Å². The van der Waals surface area contributed by atoms with E-state index in [9.17, 15) is 8.42 Å². The van der Waals surface area contributed by atoms with Gasteiger partial charge < -0.3 is 5.32 Å². The number of nitrogens with one attached hydrogen (secondary N) is 1. The van der Waals surface area contributed by atoms with Crippen molar-refractivity contribution in [2.45, 2.75) is 11.4 Å². The summed E-state index contributed by atoms with van der Waals surface area (Å²) in [5.74, 6) is 0. The quantitative estimate of drug-likeness (QED) is 0.914. The van der Waals surface area contributed by atoms with E-state index in [2.05, 4.69) is 10.3 Å². The number of sulfonamides is 1. The van der Waals surface area contributed by atoms with Crippen molar-refractivity contribution in [1.82, 2.24) is 9.29 Å². The highest BCUT2D eigenvalue weighted by atomic mass is 32.2. The Kier molecular flexibility index (Phi) is 4.36. The minimum Gasteiger partial charge on any atom is -0.381 e. The predicted octanol–water partition coefficient (Wildman–Crippen LogP) is 1.94. The highest BCUT2D eigenvalue weighted by molar-refractivity contribution is 7.89. The number of benzene rings is 1. The molecule has 1 aromatic carbocycles. The third-order valence-corrected chi connectivity index (χ3v) is 4.67. The van der Waals surface area contributed by atoms with Crippen molar-refractivity contribution >= 4 is 15.7 Å². The van der Waals surface area contributed by atoms with Crippen molar-refractivity contribution in [1.29, 1.82) is 0 Å². The maximum Gasteiger partial charge on any atom is 0.242 e. The molecule has 0 saturated carbocycles. The zero-order valence-electron chi connectivity index (χ0n) is 11.4. The molecule has 0 aliphatic rings. The SMILES string of the molecule is CN(C)S(=O)(=O)c1cccc(NCc2ccncc2)c1. The van der Waals surface area contributed by atoms with Crippen LogP contribution in [0.5, 0.6) is 0 Å². The van der Waals surface area contributed by atoms with Gasteiger partial charge in [0.25, 0.3) is 0 Å². The smallest absolute Gasteiger partial charge is 0.242 e. The van der Waals surface area contributed by atoms with Crippen LogP contribution in [0.1, 0.15) is 5.56 Å². The molecular formula is C14H17N3O2S. The highest BCUT2D eigenvalue weighted by Crippen LogP contribution is 2.18. The normalized spacial score (nSPS) is 11.6. The van der Waals surface area contributed by atoms with Crippen LogP contribution < -0.4 is 5.32 Å². The topological polar surface area (TPSA) is 62.3 Å². The Hall–Kier alpha value is -1.92. The Morgan fingerprint density at radius 1 is 1.15 bits per heavy atom. The molecule has 0 atom stereocenters. The zero-order chi connectivity index (χ0) is 14.6. The van der Waals surface area contributed by atoms with Gasteiger partial charge in [0.1, 0.15) is 0 Å². The molecule has 0 bridgehead atoms. The lowest BCUT2D eigenvalue weighted by atomic mass is 10.2. The van der Waals surface area contributed by atoms with Gasteiger partial charge in [0.15, 0.2) is 0 Å². The number of nitrogens with zero attached hydrogens (tertiary/aromatic N) is 2. The van der Waals surface area contributed by atoms with Crippen molar-refractivity contribution in [3.63, 3.8) is 0 Å². The fourth-order valence-corrected chi connectivity index (χ4v) is 2.63. The Morgan fingerprint density at radius 2 is 1.85 bits per heavy atom. The van der Waals surface area contributed by atoms with Gasteiger partial charge in [0, 0.05) is 38.7 Å². The average Bonchev–Trinajstić information content (AvgIpc) is 2.46. The first-order valence-corrected chi connectivity index (χ1v) is 7.59. The number of pyridine rings is 1. The summed E-state index contributed by atoms with van der Waals surface area (Å²) in [6.45, 7) is 0.619. The molecule has 0 spiro atoms. The van der Waals surface area contributed by atoms with Gasteiger partial charge in [-0.1, -0.05) is 6.07 Å². The molecule has 1 N–H and O–H groups in total. The molecule has 0 aliphatic heterocycles. The summed E-state index contributed by atoms with van der Waals surface area (Å²) in [7, 11) is -0.359. The number of rotatable bonds is 5. The van der Waals surface area contributed by atoms with Crippen LogP contribution in [0.3, 0.4) is 0 Å². The fourth-order valence-electron chi connectivity index (χ4n) is 1.68. The molecule has 0 fully saturated rings. The van der Waals surface area contributed by atoms with Crippen LogP contribution in [0, 0.1) is 0 Å². The first-order chi connectivity index (χ1) is 9.50. The Morgan fingerprint density at radius 3 is 2.50 bits per heavy atom. The van der Waals surface area contributed by atoms with Crippen LogP contribution in [-0.2, 0) is 16.6 Å². The molecule has 2 rings (SSSR count). The largest absolute Gasteiger partial charge is 0.381 e. The molecule has 0 saturated heterocycles. The Bertz CT molecular complexity index is 670. The van der Waals surface area contributed by atoms with Gasteiger partial charge in [-0.25, -0.2) is 12.7 Å². The van der Waals surface area contributed by atoms with Crippen molar-refractivity contribution < 1.29 is 8.42 Å². The third kappa shape index (κ3) is 3.34. The highest BCUT2D eigenvalue weighted by Gasteiger charge is 2.16. The second-order valence-corrected chi connectivity index (χ2v) is 6.68. The third-order valence-electron chi connectivity index (χ3n) is 2.86. The van der Waals surface area contributed by atoms with E-state index in [0.717, 1.165) is 11.3 Å². The lowest BCUT2D eigenvalue weighted by molar-refractivity contribution is 0.521. The second kappa shape index (κ2) is 6.02. The van der Waals surface area contributed by atoms with Crippen LogP contribution in [0.4, 0.5) is 5.69 Å². The molecule has 5 nitrogen and oxygen atoms in total. The maximum absolute atomic E-state index is 12.0. The minimum absolute atomic E-state index is 0.280. The summed E-state index contributed by atoms with van der Waals surface area (Å²) >= 11 is 0. The predicted molar refractivity (Wildman–Crippen MR) is 78.9 cm³/mol. The van der Waals surface area contributed by atoms with Crippen LogP contribution in [0.15, 0.2) is 53.7 Å². The molecule has 0 aliphatic carbocycles. The molecule has 20 heavy (non-hydrogen) atoms. The summed E-state index contributed by atoms with van der Waals surface area (Å²) in [6.07, 6.45) is 3.45. The van der Waals surface area contributed by atoms with Gasteiger partial charge in [-0.15, -0.1) is 0 Å². The van der Waals surface area contributed by atoms with Gasteiger partial charge >= 0.3 is 0 Å². The van der Waals surface area contributed by atoms with Crippen LogP contribution in [-0.4, -0.2) is 31.8 Å². The van der Waals surface area contributed by atoms with Crippen LogP contribution >= 0.6 is 0 Å². The summed E-state index contributed by atoms with van der Waals surface area (Å²) in [5, 5.41) is 3.20. The zero-order valence-corrected chi connectivity index (χ0v) is 12.3. The maximum atomic E-state index is 12.0. The molecule has 0 amide bonds. The monoisotopic (exact) mass is 291 g/mol. The summed E-state index contributed by atoms with van der Waals surface area (Å²) in [6, 6.07) is 10.6. The second-order valence-electron chi connectivity index (χ2n) is 4.52. The van der Waals surface area contributed by atoms with Crippen molar-refractivity contribution in [2.24, 2.45) is 0 Å². The first kappa shape index (κ1) is 14.5. The molecular weight excluding hydrogens is 274 g/mol. The lowest BCUT2D eigenvalue weighted by Gasteiger charge is -2.13. The molecule has 2 aromatic rings. The Labute approximate surface area is 119 Å². The minimum atomic E-state index is -3.40. The van der Waals surface area contributed by atoms with E-state index in [1.807, 2.05) is 18.2 Å². The van der Waals surface area contributed by atoms with Gasteiger partial charge in [-0.05, 0) is 35.9 Å². The van der Waals surface area contributed by atoms with Gasteiger partial charge in [0.2, 0.25) is 10.0 Å². The van der Waals surface area contributed by atoms with E-state index < -0.39 is 10.0 Å². The fraction of sp³-hybridized carbons (Fsp3) is 0.214. The van der Waals surface area contributed by atoms with Crippen molar-refractivity contribution in [2.75, 3.05) is 19.4 Å². The molecule has 6 heteroatoms. The summed E-state index contributed by atoms with van der Waals surface area (Å²) < 4.78 is 25.3. The van der Waals surface area contributed by atoms with E-state index in [4.69, 9.17) is 0 Å². The van der Waals surface area contributed by atoms with Crippen molar-refractivity contribution in [3.8, 4) is 0 Å². The lowest BCUT2D eigenvalue weighted by Crippen LogP contribution is -2.22. The summed E-state index contributed by atoms with van der Waals surface area (Å²) in [5.41, 5.74) is 1.85. The number of anilines is 1. The summed E-state index contributed by atoms with van der Waals surface area (Å²) in [4.78, 5) is 4.23. The van der Waals surface area contributed by atoms with Crippen LogP contribution in [0.25, 0.3) is 0 Å². The number of aromatic nitrogens is 1. The van der Waals surface area contributed by atoms with E-state index in [1.54, 1.807) is 30.6 Å². The molecule has 0 unspecified atom stereocenters. The van der Waals surface area contributed by atoms with Crippen molar-refractivity contribution in [3.05, 3.63) is 54.4 Å². The van der Waals surface area contributed by atoms with Gasteiger partial charge in [0.05, 0.1) is 4.90 Å². The molecule has 106 valence electrons. The molecule has 1 aromatic heterocycles. The van der Waals surface area contributed by atoms with E-state index in [0.29, 0.717) is 6.54 Å². The van der Waals surface area contributed by atoms with E-state index in [-0.39, 0.29) is 4.90 Å². The number of hydrogen-bond donors (Lipinski definition) is 1. The standard InChI is InChI=1S/C14H17N3O2S/c1-17(2)20(18,19)14-5-3-4-13(10-14)16-11-12-6-8-15-9-7-12/h3-10,16H,11H2,1-2H3. The van der Waals surface area contributed by atoms with E-state index in [1.165, 1.54) is 18.4 Å². The number of hydrogen-bond acceptors (Lipinski definition) is 4. The van der Waals surface area contributed by atoms with Crippen LogP contribution in [0.2, 0.25) is 0 Å². The van der Waals surface area contributed by atoms with Gasteiger partial charge in [-0.3, -0.25) is 4.98 Å².